The summed E-state index contributed by atoms with van der Waals surface area (Å²) in [5, 5.41) is 0.277. The predicted molar refractivity (Wildman–Crippen MR) is 227 cm³/mol. The molecule has 0 aliphatic heterocycles. The minimum atomic E-state index is -0.448. The average Bonchev–Trinajstić information content (AvgIpc) is 3.68. The first-order chi connectivity index (χ1) is 30.2. The molecule has 55 heavy (non-hydrogen) atoms. The van der Waals surface area contributed by atoms with Gasteiger partial charge >= 0.3 is 0 Å². The Kier molecular flexibility index (Phi) is 6.43. The molecule has 10 rings (SSSR count). The van der Waals surface area contributed by atoms with Crippen molar-refractivity contribution in [1.29, 1.82) is 0 Å². The summed E-state index contributed by atoms with van der Waals surface area (Å²) in [5.41, 5.74) is 7.79. The lowest BCUT2D eigenvalue weighted by Gasteiger charge is -2.17. The fraction of sp³-hybridized carbons (Fsp3) is 0. The molecule has 0 fully saturated rings. The summed E-state index contributed by atoms with van der Waals surface area (Å²) in [4.78, 5) is 15.1. The van der Waals surface area contributed by atoms with Crippen molar-refractivity contribution in [2.45, 2.75) is 0 Å². The lowest BCUT2D eigenvalue weighted by Crippen LogP contribution is -2.02. The topological polar surface area (TPSA) is 43.6 Å². The van der Waals surface area contributed by atoms with Crippen LogP contribution in [0.4, 0.5) is 0 Å². The summed E-state index contributed by atoms with van der Waals surface area (Å²) >= 11 is 0. The minimum Gasteiger partial charge on any atom is -0.308 e. The highest BCUT2D eigenvalue weighted by Gasteiger charge is 2.21. The zero-order chi connectivity index (χ0) is 42.6. The Bertz CT molecular complexity index is 3360. The van der Waals surface area contributed by atoms with Crippen LogP contribution in [0.15, 0.2) is 206 Å². The van der Waals surface area contributed by atoms with Gasteiger partial charge < -0.3 is 4.57 Å². The van der Waals surface area contributed by atoms with Crippen LogP contribution in [0.3, 0.4) is 0 Å². The Morgan fingerprint density at radius 2 is 0.873 bits per heavy atom. The number of para-hydroxylation sites is 2. The molecular weight excluding hydrogens is 669 g/mol. The van der Waals surface area contributed by atoms with Crippen LogP contribution in [-0.2, 0) is 0 Å². The first-order valence-electron chi connectivity index (χ1n) is 21.5. The molecule has 0 saturated carbocycles. The molecule has 10 aromatic rings. The smallest absolute Gasteiger partial charge is 0.164 e. The number of benzene rings is 8. The van der Waals surface area contributed by atoms with E-state index in [1.54, 1.807) is 4.57 Å². The Labute approximate surface area is 329 Å². The highest BCUT2D eigenvalue weighted by atomic mass is 15.0. The van der Waals surface area contributed by atoms with Gasteiger partial charge in [0.05, 0.1) is 26.3 Å². The van der Waals surface area contributed by atoms with E-state index >= 15 is 0 Å². The molecular formula is C51H34N4. The van der Waals surface area contributed by atoms with Crippen LogP contribution in [0, 0.1) is 0 Å². The van der Waals surface area contributed by atoms with Crippen molar-refractivity contribution in [3.8, 4) is 73.2 Å². The van der Waals surface area contributed by atoms with E-state index in [9.17, 15) is 4.11 Å². The van der Waals surface area contributed by atoms with Gasteiger partial charge in [-0.15, -0.1) is 0 Å². The summed E-state index contributed by atoms with van der Waals surface area (Å²) in [6.07, 6.45) is 0. The third-order valence-corrected chi connectivity index (χ3v) is 9.75. The van der Waals surface area contributed by atoms with Gasteiger partial charge in [-0.3, -0.25) is 0 Å². The van der Waals surface area contributed by atoms with Crippen molar-refractivity contribution in [1.82, 2.24) is 19.5 Å². The van der Waals surface area contributed by atoms with E-state index in [2.05, 4.69) is 24.3 Å². The Morgan fingerprint density at radius 1 is 0.364 bits per heavy atom. The molecule has 0 unspecified atom stereocenters. The van der Waals surface area contributed by atoms with Crippen molar-refractivity contribution < 1.29 is 9.60 Å². The fourth-order valence-corrected chi connectivity index (χ4v) is 7.16. The molecule has 0 spiro atoms. The van der Waals surface area contributed by atoms with Crippen molar-refractivity contribution in [2.24, 2.45) is 0 Å². The monoisotopic (exact) mass is 709 g/mol. The highest BCUT2D eigenvalue weighted by molar-refractivity contribution is 6.14. The van der Waals surface area contributed by atoms with Gasteiger partial charge in [-0.1, -0.05) is 176 Å². The van der Waals surface area contributed by atoms with E-state index in [1.807, 2.05) is 140 Å². The van der Waals surface area contributed by atoms with Gasteiger partial charge in [0, 0.05) is 38.6 Å². The molecule has 0 aliphatic carbocycles. The van der Waals surface area contributed by atoms with E-state index in [4.69, 9.17) is 20.4 Å². The van der Waals surface area contributed by atoms with Crippen molar-refractivity contribution in [3.05, 3.63) is 206 Å². The van der Waals surface area contributed by atoms with Gasteiger partial charge in [-0.05, 0) is 52.6 Å². The van der Waals surface area contributed by atoms with Crippen LogP contribution in [0.25, 0.3) is 95.0 Å². The van der Waals surface area contributed by atoms with Crippen molar-refractivity contribution in [2.75, 3.05) is 0 Å². The van der Waals surface area contributed by atoms with Crippen LogP contribution in [0.1, 0.15) is 9.60 Å². The van der Waals surface area contributed by atoms with Crippen LogP contribution in [-0.4, -0.2) is 19.5 Å². The first kappa shape index (κ1) is 25.5. The molecule has 2 aromatic heterocycles. The second-order valence-electron chi connectivity index (χ2n) is 13.1. The summed E-state index contributed by atoms with van der Waals surface area (Å²) in [5.74, 6) is 1.39. The lowest BCUT2D eigenvalue weighted by atomic mass is 9.99. The quantitative estimate of drug-likeness (QED) is 0.165. The Morgan fingerprint density at radius 3 is 1.55 bits per heavy atom. The van der Waals surface area contributed by atoms with E-state index in [1.165, 1.54) is 0 Å². The molecule has 0 bridgehead atoms. The zero-order valence-corrected chi connectivity index (χ0v) is 29.4. The third-order valence-electron chi connectivity index (χ3n) is 9.75. The Hall–Kier alpha value is -7.43. The predicted octanol–water partition coefficient (Wildman–Crippen LogP) is 13.0. The SMILES string of the molecule is [2H]c1c([2H])c([2H])c2c(c1[2H])c1c([2H])c([2H])c([2H])c(-c3ccccc3)c1n2-c1ccc(-c2nc(-c3ccccc3)nc(-c3cccc(-c4ccccc4)c3)n2)cc1-c1ccccc1. The van der Waals surface area contributed by atoms with Gasteiger partial charge in [0.2, 0.25) is 0 Å². The first-order valence-corrected chi connectivity index (χ1v) is 18.0. The number of fused-ring (bicyclic) bond motifs is 3. The zero-order valence-electron chi connectivity index (χ0n) is 36.4. The van der Waals surface area contributed by atoms with Crippen LogP contribution >= 0.6 is 0 Å². The van der Waals surface area contributed by atoms with Crippen LogP contribution < -0.4 is 0 Å². The molecule has 0 aliphatic rings. The minimum absolute atomic E-state index is 0.108. The summed E-state index contributed by atoms with van der Waals surface area (Å²) in [7, 11) is 0. The van der Waals surface area contributed by atoms with Crippen molar-refractivity contribution in [3.63, 3.8) is 0 Å². The number of aromatic nitrogens is 4. The van der Waals surface area contributed by atoms with E-state index in [0.717, 1.165) is 27.8 Å². The van der Waals surface area contributed by atoms with E-state index < -0.39 is 12.1 Å². The van der Waals surface area contributed by atoms with Crippen molar-refractivity contribution >= 4 is 21.8 Å². The maximum absolute atomic E-state index is 9.34. The second kappa shape index (κ2) is 13.8. The molecule has 8 aromatic carbocycles. The molecule has 0 amide bonds. The third kappa shape index (κ3) is 5.96. The van der Waals surface area contributed by atoms with E-state index in [0.29, 0.717) is 50.9 Å². The van der Waals surface area contributed by atoms with E-state index in [-0.39, 0.29) is 46.5 Å². The number of hydrogen-bond donors (Lipinski definition) is 0. The number of hydrogen-bond acceptors (Lipinski definition) is 3. The molecule has 0 radical (unpaired) electrons. The fourth-order valence-electron chi connectivity index (χ4n) is 7.16. The summed E-state index contributed by atoms with van der Waals surface area (Å²) in [6.45, 7) is 0. The average molecular weight is 710 g/mol. The molecule has 2 heterocycles. The normalized spacial score (nSPS) is 13.1. The molecule has 0 N–H and O–H groups in total. The maximum atomic E-state index is 9.34. The second-order valence-corrected chi connectivity index (χ2v) is 13.1. The lowest BCUT2D eigenvalue weighted by molar-refractivity contribution is 1.07. The number of rotatable bonds is 7. The standard InChI is InChI=1S/C51H34N4/c1-5-17-35(18-6-1)39-25-15-26-40(33-39)50-52-49(38-23-11-4-12-24-38)53-51(54-50)41-31-32-47(45(34-41)37-21-9-3-10-22-37)55-46-30-14-13-27-43(46)44-29-16-28-42(48(44)55)36-19-7-2-8-20-36/h1-34H/i13D,14D,16D,27D,28D,29D,30D. The molecule has 4 nitrogen and oxygen atoms in total. The van der Waals surface area contributed by atoms with Gasteiger partial charge in [0.1, 0.15) is 0 Å². The largest absolute Gasteiger partial charge is 0.308 e. The Balaban J connectivity index is 1.29. The summed E-state index contributed by atoms with van der Waals surface area (Å²) in [6, 6.07) is 50.2. The highest BCUT2D eigenvalue weighted by Crippen LogP contribution is 2.41. The molecule has 0 saturated heterocycles. The van der Waals surface area contributed by atoms with Crippen LogP contribution in [0.5, 0.6) is 0 Å². The summed E-state index contributed by atoms with van der Waals surface area (Å²) < 4.78 is 65.2. The number of nitrogens with zero attached hydrogens (tertiary/aromatic N) is 4. The molecule has 4 heteroatoms. The van der Waals surface area contributed by atoms with Gasteiger partial charge in [-0.2, -0.15) is 0 Å². The van der Waals surface area contributed by atoms with Gasteiger partial charge in [0.15, 0.2) is 17.5 Å². The molecule has 0 atom stereocenters. The van der Waals surface area contributed by atoms with Gasteiger partial charge in [-0.25, -0.2) is 15.0 Å². The maximum Gasteiger partial charge on any atom is 0.164 e. The molecule has 258 valence electrons. The van der Waals surface area contributed by atoms with Crippen LogP contribution in [0.2, 0.25) is 0 Å². The van der Waals surface area contributed by atoms with Gasteiger partial charge in [0.25, 0.3) is 0 Å².